The van der Waals surface area contributed by atoms with Crippen LogP contribution in [0.15, 0.2) is 42.5 Å². The molecule has 0 atom stereocenters. The Hall–Kier alpha value is -2.76. The standard InChI is InChI=1S/C15H11F2NO3/c16-11-3-1-2-9(6-11)7-14(19)18-13-5-4-10(15(20)21)8-12(13)17/h1-6,8H,7H2,(H,18,19)(H,20,21). The zero-order chi connectivity index (χ0) is 15.4. The molecule has 0 aliphatic heterocycles. The predicted octanol–water partition coefficient (Wildman–Crippen LogP) is 2.84. The third kappa shape index (κ3) is 3.85. The lowest BCUT2D eigenvalue weighted by atomic mass is 10.1. The highest BCUT2D eigenvalue weighted by atomic mass is 19.1. The van der Waals surface area contributed by atoms with Crippen LogP contribution in [0.1, 0.15) is 15.9 Å². The van der Waals surface area contributed by atoms with Gasteiger partial charge in [-0.2, -0.15) is 0 Å². The van der Waals surface area contributed by atoms with Crippen LogP contribution < -0.4 is 5.32 Å². The van der Waals surface area contributed by atoms with Gasteiger partial charge >= 0.3 is 5.97 Å². The van der Waals surface area contributed by atoms with Crippen LogP contribution in [0.5, 0.6) is 0 Å². The van der Waals surface area contributed by atoms with Crippen molar-refractivity contribution in [2.45, 2.75) is 6.42 Å². The first-order chi connectivity index (χ1) is 9.95. The summed E-state index contributed by atoms with van der Waals surface area (Å²) in [6, 6.07) is 8.69. The van der Waals surface area contributed by atoms with Crippen molar-refractivity contribution in [1.29, 1.82) is 0 Å². The van der Waals surface area contributed by atoms with E-state index in [2.05, 4.69) is 5.32 Å². The van der Waals surface area contributed by atoms with Crippen LogP contribution in [-0.4, -0.2) is 17.0 Å². The predicted molar refractivity (Wildman–Crippen MR) is 72.1 cm³/mol. The number of hydrogen-bond donors (Lipinski definition) is 2. The SMILES string of the molecule is O=C(Cc1cccc(F)c1)Nc1ccc(C(=O)O)cc1F. The molecule has 0 radical (unpaired) electrons. The average Bonchev–Trinajstić information content (AvgIpc) is 2.40. The molecule has 0 aliphatic rings. The summed E-state index contributed by atoms with van der Waals surface area (Å²) in [5.41, 5.74) is 0.118. The molecular formula is C15H11F2NO3. The van der Waals surface area contributed by atoms with E-state index in [0.717, 1.165) is 6.07 Å². The zero-order valence-corrected chi connectivity index (χ0v) is 10.8. The lowest BCUT2D eigenvalue weighted by molar-refractivity contribution is -0.115. The van der Waals surface area contributed by atoms with Gasteiger partial charge in [-0.25, -0.2) is 13.6 Å². The van der Waals surface area contributed by atoms with Crippen LogP contribution in [0.3, 0.4) is 0 Å². The maximum absolute atomic E-state index is 13.6. The van der Waals surface area contributed by atoms with Gasteiger partial charge in [0, 0.05) is 0 Å². The zero-order valence-electron chi connectivity index (χ0n) is 10.8. The monoisotopic (exact) mass is 291 g/mol. The maximum atomic E-state index is 13.6. The number of amides is 1. The van der Waals surface area contributed by atoms with E-state index in [-0.39, 0.29) is 17.7 Å². The number of hydrogen-bond acceptors (Lipinski definition) is 2. The number of benzene rings is 2. The van der Waals surface area contributed by atoms with Crippen LogP contribution in [0, 0.1) is 11.6 Å². The molecule has 0 saturated heterocycles. The number of carboxylic acids is 1. The number of anilines is 1. The van der Waals surface area contributed by atoms with Crippen molar-refractivity contribution in [2.75, 3.05) is 5.32 Å². The molecule has 21 heavy (non-hydrogen) atoms. The van der Waals surface area contributed by atoms with E-state index < -0.39 is 23.5 Å². The summed E-state index contributed by atoms with van der Waals surface area (Å²) in [6.45, 7) is 0. The normalized spacial score (nSPS) is 10.2. The highest BCUT2D eigenvalue weighted by Crippen LogP contribution is 2.16. The minimum absolute atomic E-state index is 0.113. The van der Waals surface area contributed by atoms with E-state index >= 15 is 0 Å². The second-order valence-electron chi connectivity index (χ2n) is 4.35. The van der Waals surface area contributed by atoms with Gasteiger partial charge in [0.2, 0.25) is 5.91 Å². The van der Waals surface area contributed by atoms with Gasteiger partial charge in [0.05, 0.1) is 17.7 Å². The van der Waals surface area contributed by atoms with Gasteiger partial charge < -0.3 is 10.4 Å². The van der Waals surface area contributed by atoms with Gasteiger partial charge in [-0.1, -0.05) is 12.1 Å². The molecule has 2 N–H and O–H groups in total. The quantitative estimate of drug-likeness (QED) is 0.910. The van der Waals surface area contributed by atoms with Crippen LogP contribution in [0.2, 0.25) is 0 Å². The topological polar surface area (TPSA) is 66.4 Å². The number of halogens is 2. The van der Waals surface area contributed by atoms with Gasteiger partial charge in [0.15, 0.2) is 0 Å². The van der Waals surface area contributed by atoms with Gasteiger partial charge in [-0.3, -0.25) is 4.79 Å². The number of carbonyl (C=O) groups is 2. The van der Waals surface area contributed by atoms with Crippen molar-refractivity contribution < 1.29 is 23.5 Å². The van der Waals surface area contributed by atoms with Crippen LogP contribution in [0.25, 0.3) is 0 Å². The number of carboxylic acid groups (broad SMARTS) is 1. The first-order valence-corrected chi connectivity index (χ1v) is 6.03. The molecule has 6 heteroatoms. The van der Waals surface area contributed by atoms with Crippen LogP contribution >= 0.6 is 0 Å². The Morgan fingerprint density at radius 2 is 1.86 bits per heavy atom. The summed E-state index contributed by atoms with van der Waals surface area (Å²) in [7, 11) is 0. The Morgan fingerprint density at radius 3 is 2.48 bits per heavy atom. The minimum Gasteiger partial charge on any atom is -0.478 e. The summed E-state index contributed by atoms with van der Waals surface area (Å²) >= 11 is 0. The summed E-state index contributed by atoms with van der Waals surface area (Å²) in [4.78, 5) is 22.4. The number of rotatable bonds is 4. The molecule has 0 heterocycles. The Bertz CT molecular complexity index is 701. The molecule has 0 fully saturated rings. The van der Waals surface area contributed by atoms with E-state index in [1.165, 1.54) is 30.3 Å². The molecule has 0 aliphatic carbocycles. The van der Waals surface area contributed by atoms with Crippen molar-refractivity contribution in [3.8, 4) is 0 Å². The maximum Gasteiger partial charge on any atom is 0.335 e. The molecule has 2 rings (SSSR count). The fourth-order valence-electron chi connectivity index (χ4n) is 1.78. The highest BCUT2D eigenvalue weighted by molar-refractivity contribution is 5.93. The summed E-state index contributed by atoms with van der Waals surface area (Å²) in [5.74, 6) is -3.09. The van der Waals surface area contributed by atoms with Gasteiger partial charge in [0.1, 0.15) is 11.6 Å². The molecular weight excluding hydrogens is 280 g/mol. The van der Waals surface area contributed by atoms with E-state index in [0.29, 0.717) is 5.56 Å². The van der Waals surface area contributed by atoms with Crippen molar-refractivity contribution in [1.82, 2.24) is 0 Å². The molecule has 108 valence electrons. The Labute approximate surface area is 119 Å². The van der Waals surface area contributed by atoms with Gasteiger partial charge in [-0.05, 0) is 35.9 Å². The molecule has 2 aromatic carbocycles. The first kappa shape index (κ1) is 14.6. The number of aromatic carboxylic acids is 1. The summed E-state index contributed by atoms with van der Waals surface area (Å²) in [5, 5.41) is 11.0. The Morgan fingerprint density at radius 1 is 1.10 bits per heavy atom. The van der Waals surface area contributed by atoms with Gasteiger partial charge in [-0.15, -0.1) is 0 Å². The smallest absolute Gasteiger partial charge is 0.335 e. The molecule has 2 aromatic rings. The van der Waals surface area contributed by atoms with Crippen LogP contribution in [0.4, 0.5) is 14.5 Å². The minimum atomic E-state index is -1.26. The van der Waals surface area contributed by atoms with Crippen molar-refractivity contribution in [3.05, 3.63) is 65.2 Å². The van der Waals surface area contributed by atoms with Gasteiger partial charge in [0.25, 0.3) is 0 Å². The summed E-state index contributed by atoms with van der Waals surface area (Å²) in [6.07, 6.45) is -0.113. The fraction of sp³-hybridized carbons (Fsp3) is 0.0667. The second kappa shape index (κ2) is 6.13. The molecule has 0 saturated carbocycles. The lowest BCUT2D eigenvalue weighted by Crippen LogP contribution is -2.15. The largest absolute Gasteiger partial charge is 0.478 e. The highest BCUT2D eigenvalue weighted by Gasteiger charge is 2.11. The fourth-order valence-corrected chi connectivity index (χ4v) is 1.78. The summed E-state index contributed by atoms with van der Waals surface area (Å²) < 4.78 is 26.6. The Balaban J connectivity index is 2.08. The molecule has 0 spiro atoms. The molecule has 0 bridgehead atoms. The van der Waals surface area contributed by atoms with Crippen molar-refractivity contribution >= 4 is 17.6 Å². The third-order valence-corrected chi connectivity index (χ3v) is 2.74. The van der Waals surface area contributed by atoms with Crippen LogP contribution in [-0.2, 0) is 11.2 Å². The number of nitrogens with one attached hydrogen (secondary N) is 1. The Kier molecular flexibility index (Phi) is 4.27. The van der Waals surface area contributed by atoms with E-state index in [9.17, 15) is 18.4 Å². The third-order valence-electron chi connectivity index (χ3n) is 2.74. The van der Waals surface area contributed by atoms with E-state index in [4.69, 9.17) is 5.11 Å². The molecule has 1 amide bonds. The number of carbonyl (C=O) groups excluding carboxylic acids is 1. The van der Waals surface area contributed by atoms with Crippen molar-refractivity contribution in [2.24, 2.45) is 0 Å². The van der Waals surface area contributed by atoms with E-state index in [1.807, 2.05) is 0 Å². The van der Waals surface area contributed by atoms with E-state index in [1.54, 1.807) is 6.07 Å². The average molecular weight is 291 g/mol. The van der Waals surface area contributed by atoms with Crippen molar-refractivity contribution in [3.63, 3.8) is 0 Å². The lowest BCUT2D eigenvalue weighted by Gasteiger charge is -2.07. The molecule has 4 nitrogen and oxygen atoms in total. The molecule has 0 aromatic heterocycles. The first-order valence-electron chi connectivity index (χ1n) is 6.03. The molecule has 0 unspecified atom stereocenters. The second-order valence-corrected chi connectivity index (χ2v) is 4.35.